The van der Waals surface area contributed by atoms with Crippen molar-refractivity contribution in [1.82, 2.24) is 4.98 Å². The number of carboxylic acids is 1. The maximum Gasteiger partial charge on any atom is 0.354 e. The molecule has 0 saturated heterocycles. The molecule has 0 saturated carbocycles. The van der Waals surface area contributed by atoms with Crippen molar-refractivity contribution in [3.05, 3.63) is 47.7 Å². The first-order valence-corrected chi connectivity index (χ1v) is 5.97. The molecular weight excluding hydrogens is 240 g/mol. The van der Waals surface area contributed by atoms with E-state index in [1.54, 1.807) is 6.07 Å². The second-order valence-corrected chi connectivity index (χ2v) is 4.66. The molecule has 4 heteroatoms. The smallest absolute Gasteiger partial charge is 0.354 e. The molecule has 0 aliphatic carbocycles. The van der Waals surface area contributed by atoms with Crippen LogP contribution in [0.2, 0.25) is 0 Å². The van der Waals surface area contributed by atoms with Crippen LogP contribution in [-0.4, -0.2) is 30.2 Å². The lowest BCUT2D eigenvalue weighted by Gasteiger charge is -2.12. The fraction of sp³-hybridized carbons (Fsp3) is 0.200. The van der Waals surface area contributed by atoms with Gasteiger partial charge in [-0.3, -0.25) is 0 Å². The van der Waals surface area contributed by atoms with Gasteiger partial charge in [0, 0.05) is 25.3 Å². The van der Waals surface area contributed by atoms with Gasteiger partial charge in [0.2, 0.25) is 0 Å². The lowest BCUT2D eigenvalue weighted by atomic mass is 10.1. The van der Waals surface area contributed by atoms with Gasteiger partial charge >= 0.3 is 5.97 Å². The Bertz CT molecular complexity index is 604. The van der Waals surface area contributed by atoms with Crippen molar-refractivity contribution in [3.8, 4) is 11.3 Å². The maximum atomic E-state index is 11.0. The van der Waals surface area contributed by atoms with Crippen LogP contribution < -0.4 is 4.90 Å². The minimum absolute atomic E-state index is 0.0756. The van der Waals surface area contributed by atoms with Crippen LogP contribution in [0.15, 0.2) is 36.4 Å². The third kappa shape index (κ3) is 2.91. The van der Waals surface area contributed by atoms with Gasteiger partial charge in [-0.2, -0.15) is 0 Å². The number of benzene rings is 1. The number of anilines is 1. The minimum Gasteiger partial charge on any atom is -0.477 e. The zero-order chi connectivity index (χ0) is 14.0. The molecule has 1 aromatic heterocycles. The summed E-state index contributed by atoms with van der Waals surface area (Å²) in [6.07, 6.45) is 0. The second-order valence-electron chi connectivity index (χ2n) is 4.66. The molecule has 2 rings (SSSR count). The van der Waals surface area contributed by atoms with Crippen molar-refractivity contribution in [1.29, 1.82) is 0 Å². The number of hydrogen-bond acceptors (Lipinski definition) is 3. The monoisotopic (exact) mass is 256 g/mol. The summed E-state index contributed by atoms with van der Waals surface area (Å²) in [4.78, 5) is 17.2. The molecule has 4 nitrogen and oxygen atoms in total. The van der Waals surface area contributed by atoms with Crippen molar-refractivity contribution >= 4 is 11.7 Å². The van der Waals surface area contributed by atoms with Gasteiger partial charge in [0.05, 0.1) is 5.69 Å². The Morgan fingerprint density at radius 1 is 1.16 bits per heavy atom. The average Bonchev–Trinajstić information content (AvgIpc) is 2.38. The summed E-state index contributed by atoms with van der Waals surface area (Å²) in [5, 5.41) is 9.03. The van der Waals surface area contributed by atoms with Gasteiger partial charge in [0.1, 0.15) is 5.69 Å². The molecule has 1 heterocycles. The van der Waals surface area contributed by atoms with Gasteiger partial charge in [-0.1, -0.05) is 12.1 Å². The largest absolute Gasteiger partial charge is 0.477 e. The van der Waals surface area contributed by atoms with Gasteiger partial charge in [-0.05, 0) is 36.8 Å². The number of pyridine rings is 1. The highest BCUT2D eigenvalue weighted by Crippen LogP contribution is 2.22. The Balaban J connectivity index is 2.43. The number of carboxylic acid groups (broad SMARTS) is 1. The van der Waals surface area contributed by atoms with Crippen LogP contribution >= 0.6 is 0 Å². The number of aromatic nitrogens is 1. The van der Waals surface area contributed by atoms with Gasteiger partial charge < -0.3 is 10.0 Å². The van der Waals surface area contributed by atoms with Gasteiger partial charge in [-0.25, -0.2) is 9.78 Å². The van der Waals surface area contributed by atoms with Crippen LogP contribution in [0.3, 0.4) is 0 Å². The van der Waals surface area contributed by atoms with Crippen LogP contribution in [0, 0.1) is 6.92 Å². The molecule has 98 valence electrons. The SMILES string of the molecule is Cc1cc(C(=O)O)nc(-c2ccc(N(C)C)cc2)c1. The summed E-state index contributed by atoms with van der Waals surface area (Å²) < 4.78 is 0. The number of aryl methyl sites for hydroxylation is 1. The van der Waals surface area contributed by atoms with E-state index in [1.165, 1.54) is 0 Å². The molecule has 0 aliphatic heterocycles. The number of carbonyl (C=O) groups is 1. The number of hydrogen-bond donors (Lipinski definition) is 1. The number of rotatable bonds is 3. The van der Waals surface area contributed by atoms with Crippen LogP contribution in [0.1, 0.15) is 16.1 Å². The molecule has 0 atom stereocenters. The zero-order valence-corrected chi connectivity index (χ0v) is 11.2. The Morgan fingerprint density at radius 2 is 1.79 bits per heavy atom. The molecule has 0 spiro atoms. The van der Waals surface area contributed by atoms with Crippen molar-refractivity contribution in [2.45, 2.75) is 6.92 Å². The van der Waals surface area contributed by atoms with Gasteiger partial charge in [0.15, 0.2) is 0 Å². The van der Waals surface area contributed by atoms with Crippen molar-refractivity contribution in [2.24, 2.45) is 0 Å². The number of aromatic carboxylic acids is 1. The van der Waals surface area contributed by atoms with E-state index >= 15 is 0 Å². The first kappa shape index (κ1) is 13.1. The van der Waals surface area contributed by atoms with Gasteiger partial charge in [-0.15, -0.1) is 0 Å². The van der Waals surface area contributed by atoms with Crippen molar-refractivity contribution in [3.63, 3.8) is 0 Å². The Kier molecular flexibility index (Phi) is 3.51. The van der Waals surface area contributed by atoms with E-state index in [4.69, 9.17) is 5.11 Å². The standard InChI is InChI=1S/C15H16N2O2/c1-10-8-13(16-14(9-10)15(18)19)11-4-6-12(7-5-11)17(2)3/h4-9H,1-3H3,(H,18,19). The number of nitrogens with zero attached hydrogens (tertiary/aromatic N) is 2. The molecule has 0 amide bonds. The van der Waals surface area contributed by atoms with Crippen LogP contribution in [0.4, 0.5) is 5.69 Å². The highest BCUT2D eigenvalue weighted by molar-refractivity contribution is 5.86. The predicted octanol–water partition coefficient (Wildman–Crippen LogP) is 2.82. The summed E-state index contributed by atoms with van der Waals surface area (Å²) in [5.74, 6) is -1.00. The normalized spacial score (nSPS) is 10.3. The molecule has 0 unspecified atom stereocenters. The van der Waals surface area contributed by atoms with Crippen LogP contribution in [0.25, 0.3) is 11.3 Å². The zero-order valence-electron chi connectivity index (χ0n) is 11.2. The van der Waals surface area contributed by atoms with E-state index in [0.29, 0.717) is 5.69 Å². The molecular formula is C15H16N2O2. The minimum atomic E-state index is -1.00. The molecule has 1 N–H and O–H groups in total. The van der Waals surface area contributed by atoms with Crippen molar-refractivity contribution in [2.75, 3.05) is 19.0 Å². The first-order chi connectivity index (χ1) is 8.97. The fourth-order valence-corrected chi connectivity index (χ4v) is 1.86. The Morgan fingerprint density at radius 3 is 2.32 bits per heavy atom. The Hall–Kier alpha value is -2.36. The molecule has 0 radical (unpaired) electrons. The van der Waals surface area contributed by atoms with E-state index < -0.39 is 5.97 Å². The van der Waals surface area contributed by atoms with E-state index in [1.807, 2.05) is 56.3 Å². The van der Waals surface area contributed by atoms with Gasteiger partial charge in [0.25, 0.3) is 0 Å². The van der Waals surface area contributed by atoms with E-state index in [-0.39, 0.29) is 5.69 Å². The highest BCUT2D eigenvalue weighted by Gasteiger charge is 2.08. The van der Waals surface area contributed by atoms with E-state index in [9.17, 15) is 4.79 Å². The summed E-state index contributed by atoms with van der Waals surface area (Å²) in [6.45, 7) is 1.87. The molecule has 1 aromatic carbocycles. The topological polar surface area (TPSA) is 53.4 Å². The molecule has 2 aromatic rings. The lowest BCUT2D eigenvalue weighted by Crippen LogP contribution is -2.08. The average molecular weight is 256 g/mol. The fourth-order valence-electron chi connectivity index (χ4n) is 1.86. The first-order valence-electron chi connectivity index (χ1n) is 5.97. The van der Waals surface area contributed by atoms with E-state index in [0.717, 1.165) is 16.8 Å². The quantitative estimate of drug-likeness (QED) is 0.917. The Labute approximate surface area is 112 Å². The lowest BCUT2D eigenvalue weighted by molar-refractivity contribution is 0.0690. The predicted molar refractivity (Wildman–Crippen MR) is 75.7 cm³/mol. The molecule has 0 aliphatic rings. The third-order valence-corrected chi connectivity index (χ3v) is 2.87. The third-order valence-electron chi connectivity index (χ3n) is 2.87. The van der Waals surface area contributed by atoms with E-state index in [2.05, 4.69) is 4.98 Å². The summed E-state index contributed by atoms with van der Waals surface area (Å²) in [6, 6.07) is 11.3. The molecule has 19 heavy (non-hydrogen) atoms. The summed E-state index contributed by atoms with van der Waals surface area (Å²) in [7, 11) is 3.95. The highest BCUT2D eigenvalue weighted by atomic mass is 16.4. The summed E-state index contributed by atoms with van der Waals surface area (Å²) in [5.41, 5.74) is 3.65. The van der Waals surface area contributed by atoms with Crippen molar-refractivity contribution < 1.29 is 9.90 Å². The maximum absolute atomic E-state index is 11.0. The van der Waals surface area contributed by atoms with Crippen LogP contribution in [0.5, 0.6) is 0 Å². The molecule has 0 fully saturated rings. The van der Waals surface area contributed by atoms with Crippen LogP contribution in [-0.2, 0) is 0 Å². The molecule has 0 bridgehead atoms. The summed E-state index contributed by atoms with van der Waals surface area (Å²) >= 11 is 0. The second kappa shape index (κ2) is 5.10.